The molecule has 0 amide bonds. The lowest BCUT2D eigenvalue weighted by molar-refractivity contribution is -0.139. The van der Waals surface area contributed by atoms with E-state index in [1.807, 2.05) is 0 Å². The molecule has 0 aliphatic heterocycles. The number of carbonyl (C=O) groups excluding carboxylic acids is 2. The molecule has 1 atom stereocenters. The average Bonchev–Trinajstić information content (AvgIpc) is 2.43. The van der Waals surface area contributed by atoms with Gasteiger partial charge in [-0.2, -0.15) is 0 Å². The molecular formula is C12H23O13P3. The van der Waals surface area contributed by atoms with Crippen LogP contribution in [0.5, 0.6) is 0 Å². The van der Waals surface area contributed by atoms with Gasteiger partial charge in [-0.1, -0.05) is 13.2 Å². The third kappa shape index (κ3) is 19.6. The van der Waals surface area contributed by atoms with Gasteiger partial charge in [-0.15, -0.1) is 0 Å². The number of rotatable bonds is 10. The molecule has 0 aliphatic carbocycles. The molecule has 0 saturated heterocycles. The summed E-state index contributed by atoms with van der Waals surface area (Å²) in [4.78, 5) is 63.7. The van der Waals surface area contributed by atoms with Crippen LogP contribution >= 0.6 is 23.0 Å². The summed E-state index contributed by atoms with van der Waals surface area (Å²) < 4.78 is 44.1. The predicted molar refractivity (Wildman–Crippen MR) is 96.3 cm³/mol. The normalized spacial score (nSPS) is 13.4. The Labute approximate surface area is 160 Å². The SMILES string of the molecule is C=C(C)C(=O)OCCP(=O)(O)O.C=C(C)C(=O)OCCP(=O)(O)OP(=O)(O)O. The summed E-state index contributed by atoms with van der Waals surface area (Å²) in [5, 5.41) is 0. The van der Waals surface area contributed by atoms with Gasteiger partial charge in [0.25, 0.3) is 0 Å². The fourth-order valence-corrected chi connectivity index (χ4v) is 3.27. The molecular weight excluding hydrogens is 445 g/mol. The Morgan fingerprint density at radius 2 is 1.14 bits per heavy atom. The Morgan fingerprint density at radius 3 is 1.43 bits per heavy atom. The second-order valence-electron chi connectivity index (χ2n) is 5.15. The van der Waals surface area contributed by atoms with Gasteiger partial charge in [0.1, 0.15) is 13.2 Å². The van der Waals surface area contributed by atoms with E-state index in [-0.39, 0.29) is 17.8 Å². The highest BCUT2D eigenvalue weighted by molar-refractivity contribution is 7.63. The van der Waals surface area contributed by atoms with Crippen molar-refractivity contribution >= 4 is 35.0 Å². The molecule has 1 unspecified atom stereocenters. The molecule has 0 radical (unpaired) electrons. The second-order valence-corrected chi connectivity index (χ2v) is 10.3. The third-order valence-electron chi connectivity index (χ3n) is 2.15. The lowest BCUT2D eigenvalue weighted by Crippen LogP contribution is -2.09. The smallest absolute Gasteiger partial charge is 0.462 e. The van der Waals surface area contributed by atoms with Gasteiger partial charge in [0.05, 0.1) is 12.3 Å². The molecule has 13 nitrogen and oxygen atoms in total. The minimum Gasteiger partial charge on any atom is -0.462 e. The first-order chi connectivity index (χ1) is 12.4. The fourth-order valence-electron chi connectivity index (χ4n) is 0.964. The van der Waals surface area contributed by atoms with Crippen LogP contribution in [0.1, 0.15) is 13.8 Å². The molecule has 28 heavy (non-hydrogen) atoms. The van der Waals surface area contributed by atoms with E-state index >= 15 is 0 Å². The minimum atomic E-state index is -5.04. The van der Waals surface area contributed by atoms with E-state index < -0.39 is 53.9 Å². The molecule has 0 spiro atoms. The van der Waals surface area contributed by atoms with Gasteiger partial charge in [-0.3, -0.25) is 9.13 Å². The molecule has 0 fully saturated rings. The van der Waals surface area contributed by atoms with E-state index in [0.29, 0.717) is 0 Å². The van der Waals surface area contributed by atoms with E-state index in [0.717, 1.165) is 0 Å². The van der Waals surface area contributed by atoms with Gasteiger partial charge < -0.3 is 33.9 Å². The highest BCUT2D eigenvalue weighted by Crippen LogP contribution is 2.56. The fraction of sp³-hybridized carbons (Fsp3) is 0.500. The van der Waals surface area contributed by atoms with Crippen molar-refractivity contribution in [3.05, 3.63) is 24.3 Å². The van der Waals surface area contributed by atoms with Crippen LogP contribution in [-0.4, -0.2) is 61.9 Å². The summed E-state index contributed by atoms with van der Waals surface area (Å²) in [6.07, 6.45) is -1.16. The summed E-state index contributed by atoms with van der Waals surface area (Å²) in [5.41, 5.74) is 0.310. The second kappa shape index (κ2) is 12.4. The van der Waals surface area contributed by atoms with Crippen molar-refractivity contribution < 1.29 is 61.5 Å². The van der Waals surface area contributed by atoms with Crippen molar-refractivity contribution in [3.63, 3.8) is 0 Å². The maximum atomic E-state index is 11.0. The molecule has 0 saturated carbocycles. The number of esters is 2. The van der Waals surface area contributed by atoms with E-state index in [1.165, 1.54) is 13.8 Å². The molecule has 0 heterocycles. The molecule has 0 aromatic rings. The van der Waals surface area contributed by atoms with Crippen molar-refractivity contribution in [3.8, 4) is 0 Å². The summed E-state index contributed by atoms with van der Waals surface area (Å²) in [6.45, 7) is 8.63. The summed E-state index contributed by atoms with van der Waals surface area (Å²) in [6, 6.07) is 0. The largest absolute Gasteiger partial charge is 0.476 e. The molecule has 16 heteroatoms. The quantitative estimate of drug-likeness (QED) is 0.170. The number of hydrogen-bond donors (Lipinski definition) is 5. The first-order valence-corrected chi connectivity index (χ1v) is 12.2. The number of hydrogen-bond acceptors (Lipinski definition) is 8. The Morgan fingerprint density at radius 1 is 0.786 bits per heavy atom. The van der Waals surface area contributed by atoms with Crippen molar-refractivity contribution in [1.29, 1.82) is 0 Å². The van der Waals surface area contributed by atoms with Crippen LogP contribution in [-0.2, 0) is 37.1 Å². The van der Waals surface area contributed by atoms with E-state index in [1.54, 1.807) is 0 Å². The lowest BCUT2D eigenvalue weighted by atomic mass is 10.4. The molecule has 5 N–H and O–H groups in total. The minimum absolute atomic E-state index is 0.101. The topological polar surface area (TPSA) is 214 Å². The van der Waals surface area contributed by atoms with Crippen molar-refractivity contribution in [2.24, 2.45) is 0 Å². The highest BCUT2D eigenvalue weighted by atomic mass is 31.3. The van der Waals surface area contributed by atoms with Gasteiger partial charge in [0.15, 0.2) is 0 Å². The van der Waals surface area contributed by atoms with Crippen LogP contribution < -0.4 is 0 Å². The Bertz CT molecular complexity index is 716. The third-order valence-corrected chi connectivity index (χ3v) is 5.54. The van der Waals surface area contributed by atoms with Crippen molar-refractivity contribution in [2.45, 2.75) is 13.8 Å². The van der Waals surface area contributed by atoms with Gasteiger partial charge in [0.2, 0.25) is 0 Å². The van der Waals surface area contributed by atoms with Crippen LogP contribution in [0.25, 0.3) is 0 Å². The zero-order valence-electron chi connectivity index (χ0n) is 15.1. The van der Waals surface area contributed by atoms with E-state index in [2.05, 4.69) is 26.9 Å². The summed E-state index contributed by atoms with van der Waals surface area (Å²) in [7, 11) is -13.6. The van der Waals surface area contributed by atoms with Gasteiger partial charge in [-0.05, 0) is 13.8 Å². The first-order valence-electron chi connectivity index (χ1n) is 7.15. The Hall–Kier alpha value is -1.13. The summed E-state index contributed by atoms with van der Waals surface area (Å²) >= 11 is 0. The van der Waals surface area contributed by atoms with Crippen LogP contribution in [0, 0.1) is 0 Å². The van der Waals surface area contributed by atoms with Crippen molar-refractivity contribution in [2.75, 3.05) is 25.5 Å². The number of phosphoric acid groups is 1. The van der Waals surface area contributed by atoms with Crippen LogP contribution in [0.3, 0.4) is 0 Å². The molecule has 0 aliphatic rings. The lowest BCUT2D eigenvalue weighted by Gasteiger charge is -2.12. The molecule has 0 aromatic carbocycles. The van der Waals surface area contributed by atoms with E-state index in [9.17, 15) is 23.3 Å². The monoisotopic (exact) mass is 468 g/mol. The number of carbonyl (C=O) groups is 2. The zero-order valence-corrected chi connectivity index (χ0v) is 17.8. The van der Waals surface area contributed by atoms with Crippen LogP contribution in [0.2, 0.25) is 0 Å². The summed E-state index contributed by atoms with van der Waals surface area (Å²) in [5.74, 6) is -1.40. The van der Waals surface area contributed by atoms with Gasteiger partial charge in [0, 0.05) is 11.1 Å². The van der Waals surface area contributed by atoms with E-state index in [4.69, 9.17) is 24.5 Å². The van der Waals surface area contributed by atoms with Crippen molar-refractivity contribution in [1.82, 2.24) is 0 Å². The zero-order chi connectivity index (χ0) is 22.8. The first kappa shape index (κ1) is 29.1. The predicted octanol–water partition coefficient (Wildman–Crippen LogP) is 0.684. The van der Waals surface area contributed by atoms with Crippen LogP contribution in [0.15, 0.2) is 24.3 Å². The Balaban J connectivity index is 0. The van der Waals surface area contributed by atoms with Gasteiger partial charge >= 0.3 is 35.0 Å². The molecule has 0 bridgehead atoms. The van der Waals surface area contributed by atoms with Crippen LogP contribution in [0.4, 0.5) is 0 Å². The molecule has 0 rings (SSSR count). The maximum Gasteiger partial charge on any atom is 0.476 e. The number of ether oxygens (including phenoxy) is 2. The maximum absolute atomic E-state index is 11.0. The Kier molecular flexibility index (Phi) is 12.9. The molecule has 0 aromatic heterocycles. The average molecular weight is 468 g/mol. The standard InChI is InChI=1S/C6H12O8P2.C6H11O5P/c1-5(2)6(7)13-3-4-15(8,9)14-16(10,11)12;1-5(2)6(7)11-3-4-12(8,9)10/h1,3-4H2,2H3,(H,8,9)(H2,10,11,12);1,3-4H2,2H3,(H2,8,9,10). The van der Waals surface area contributed by atoms with Gasteiger partial charge in [-0.25, -0.2) is 18.5 Å². The highest BCUT2D eigenvalue weighted by Gasteiger charge is 2.30. The molecule has 164 valence electrons.